The first-order chi connectivity index (χ1) is 11.2. The molecule has 9 nitrogen and oxygen atoms in total. The average molecular weight is 321 g/mol. The lowest BCUT2D eigenvalue weighted by Gasteiger charge is -2.06. The molecule has 2 aromatic rings. The van der Waals surface area contributed by atoms with E-state index in [2.05, 4.69) is 27.8 Å². The highest BCUT2D eigenvalue weighted by atomic mass is 16.5. The lowest BCUT2D eigenvalue weighted by Crippen LogP contribution is -2.26. The minimum atomic E-state index is -0.435. The topological polar surface area (TPSA) is 112 Å². The molecule has 0 aliphatic rings. The molecule has 0 atom stereocenters. The number of carbonyl (C=O) groups is 2. The minimum absolute atomic E-state index is 0.0156. The fraction of sp³-hybridized carbons (Fsp3) is 0.500. The van der Waals surface area contributed by atoms with Gasteiger partial charge >= 0.3 is 5.97 Å². The molecule has 9 heteroatoms. The summed E-state index contributed by atoms with van der Waals surface area (Å²) in [5.74, 6) is -0.0963. The number of aromatic nitrogens is 4. The molecule has 0 saturated heterocycles. The van der Waals surface area contributed by atoms with Crippen LogP contribution in [0, 0.1) is 0 Å². The molecule has 2 aromatic heterocycles. The van der Waals surface area contributed by atoms with E-state index in [1.165, 1.54) is 6.26 Å². The van der Waals surface area contributed by atoms with Crippen LogP contribution in [0.2, 0.25) is 0 Å². The van der Waals surface area contributed by atoms with Crippen LogP contribution in [0.15, 0.2) is 22.8 Å². The standard InChI is InChI=1S/C14H19N5O4/c1-2-3-8-19-12(16-17-18-19)10-23-13(20)6-7-15-14(21)11-5-4-9-22-11/h4-5,9H,2-3,6-8,10H2,1H3,(H,15,21). The summed E-state index contributed by atoms with van der Waals surface area (Å²) >= 11 is 0. The molecule has 0 saturated carbocycles. The molecule has 0 aliphatic carbocycles. The third kappa shape index (κ3) is 5.20. The van der Waals surface area contributed by atoms with Crippen LogP contribution in [0.4, 0.5) is 0 Å². The molecule has 0 aliphatic heterocycles. The highest BCUT2D eigenvalue weighted by Gasteiger charge is 2.11. The molecule has 0 unspecified atom stereocenters. The summed E-state index contributed by atoms with van der Waals surface area (Å²) in [6.45, 7) is 2.94. The van der Waals surface area contributed by atoms with Crippen molar-refractivity contribution >= 4 is 11.9 Å². The number of nitrogens with zero attached hydrogens (tertiary/aromatic N) is 4. The molecule has 0 spiro atoms. The van der Waals surface area contributed by atoms with E-state index < -0.39 is 5.97 Å². The maximum atomic E-state index is 11.7. The summed E-state index contributed by atoms with van der Waals surface area (Å²) < 4.78 is 11.7. The molecule has 124 valence electrons. The summed E-state index contributed by atoms with van der Waals surface area (Å²) in [5, 5.41) is 13.8. The number of aryl methyl sites for hydroxylation is 1. The van der Waals surface area contributed by atoms with E-state index in [0.29, 0.717) is 12.4 Å². The van der Waals surface area contributed by atoms with Crippen molar-refractivity contribution in [1.29, 1.82) is 0 Å². The fourth-order valence-electron chi connectivity index (χ4n) is 1.80. The molecule has 23 heavy (non-hydrogen) atoms. The summed E-state index contributed by atoms with van der Waals surface area (Å²) in [5.41, 5.74) is 0. The number of hydrogen-bond donors (Lipinski definition) is 1. The van der Waals surface area contributed by atoms with Gasteiger partial charge in [-0.25, -0.2) is 4.68 Å². The zero-order chi connectivity index (χ0) is 16.5. The molecule has 0 fully saturated rings. The first-order valence-electron chi connectivity index (χ1n) is 7.43. The van der Waals surface area contributed by atoms with Crippen molar-refractivity contribution < 1.29 is 18.7 Å². The van der Waals surface area contributed by atoms with Gasteiger partial charge in [-0.15, -0.1) is 5.10 Å². The van der Waals surface area contributed by atoms with Gasteiger partial charge in [0, 0.05) is 13.1 Å². The van der Waals surface area contributed by atoms with Crippen molar-refractivity contribution in [2.45, 2.75) is 39.3 Å². The van der Waals surface area contributed by atoms with Crippen LogP contribution < -0.4 is 5.32 Å². The smallest absolute Gasteiger partial charge is 0.308 e. The molecule has 1 N–H and O–H groups in total. The van der Waals surface area contributed by atoms with Crippen molar-refractivity contribution in [3.8, 4) is 0 Å². The largest absolute Gasteiger partial charge is 0.459 e. The van der Waals surface area contributed by atoms with Crippen molar-refractivity contribution in [1.82, 2.24) is 25.5 Å². The lowest BCUT2D eigenvalue weighted by molar-refractivity contribution is -0.145. The number of carbonyl (C=O) groups excluding carboxylic acids is 2. The molecule has 0 bridgehead atoms. The normalized spacial score (nSPS) is 10.5. The fourth-order valence-corrected chi connectivity index (χ4v) is 1.80. The number of nitrogens with one attached hydrogen (secondary N) is 1. The number of furan rings is 1. The summed E-state index contributed by atoms with van der Waals surface area (Å²) in [4.78, 5) is 23.2. The van der Waals surface area contributed by atoms with E-state index in [9.17, 15) is 9.59 Å². The minimum Gasteiger partial charge on any atom is -0.459 e. The third-order valence-electron chi connectivity index (χ3n) is 3.05. The van der Waals surface area contributed by atoms with Crippen molar-refractivity contribution in [2.24, 2.45) is 0 Å². The predicted octanol–water partition coefficient (Wildman–Crippen LogP) is 0.929. The molecular weight excluding hydrogens is 302 g/mol. The van der Waals surface area contributed by atoms with Gasteiger partial charge in [-0.1, -0.05) is 13.3 Å². The second-order valence-electron chi connectivity index (χ2n) is 4.82. The van der Waals surface area contributed by atoms with Crippen molar-refractivity contribution in [3.05, 3.63) is 30.0 Å². The zero-order valence-corrected chi connectivity index (χ0v) is 12.9. The van der Waals surface area contributed by atoms with Gasteiger partial charge in [-0.2, -0.15) is 0 Å². The highest BCUT2D eigenvalue weighted by Crippen LogP contribution is 2.01. The molecular formula is C14H19N5O4. The monoisotopic (exact) mass is 321 g/mol. The SMILES string of the molecule is CCCCn1nnnc1COC(=O)CCNC(=O)c1ccco1. The molecule has 1 amide bonds. The first-order valence-corrected chi connectivity index (χ1v) is 7.43. The Balaban J connectivity index is 1.67. The van der Waals surface area contributed by atoms with Crippen LogP contribution in [0.1, 0.15) is 42.6 Å². The Bertz CT molecular complexity index is 623. The van der Waals surface area contributed by atoms with Gasteiger partial charge < -0.3 is 14.5 Å². The second kappa shape index (κ2) is 8.66. The van der Waals surface area contributed by atoms with Crippen LogP contribution in [-0.4, -0.2) is 38.6 Å². The lowest BCUT2D eigenvalue weighted by atomic mass is 10.3. The van der Waals surface area contributed by atoms with Crippen LogP contribution in [0.3, 0.4) is 0 Å². The van der Waals surface area contributed by atoms with Gasteiger partial charge in [-0.05, 0) is 29.0 Å². The first kappa shape index (κ1) is 16.7. The average Bonchev–Trinajstić information content (AvgIpc) is 3.22. The Hall–Kier alpha value is -2.71. The molecule has 2 heterocycles. The number of rotatable bonds is 9. The molecule has 0 aromatic carbocycles. The van der Waals surface area contributed by atoms with E-state index in [4.69, 9.17) is 9.15 Å². The Morgan fingerprint density at radius 3 is 3.04 bits per heavy atom. The maximum Gasteiger partial charge on any atom is 0.308 e. The number of unbranched alkanes of at least 4 members (excludes halogenated alkanes) is 1. The Morgan fingerprint density at radius 1 is 1.43 bits per heavy atom. The quantitative estimate of drug-likeness (QED) is 0.684. The Labute approximate surface area is 133 Å². The van der Waals surface area contributed by atoms with Gasteiger partial charge in [0.15, 0.2) is 18.2 Å². The van der Waals surface area contributed by atoms with Crippen LogP contribution in [0.5, 0.6) is 0 Å². The number of tetrazole rings is 1. The third-order valence-corrected chi connectivity index (χ3v) is 3.05. The van der Waals surface area contributed by atoms with Crippen molar-refractivity contribution in [2.75, 3.05) is 6.54 Å². The van der Waals surface area contributed by atoms with E-state index in [-0.39, 0.29) is 31.2 Å². The number of amides is 1. The van der Waals surface area contributed by atoms with E-state index in [1.54, 1.807) is 16.8 Å². The van der Waals surface area contributed by atoms with Gasteiger partial charge in [0.25, 0.3) is 5.91 Å². The summed E-state index contributed by atoms with van der Waals surface area (Å²) in [6.07, 6.45) is 3.44. The molecule has 0 radical (unpaired) electrons. The van der Waals surface area contributed by atoms with Gasteiger partial charge in [0.2, 0.25) is 0 Å². The molecule has 2 rings (SSSR count). The van der Waals surface area contributed by atoms with Crippen LogP contribution in [-0.2, 0) is 22.7 Å². The van der Waals surface area contributed by atoms with Gasteiger partial charge in [0.1, 0.15) is 0 Å². The van der Waals surface area contributed by atoms with Crippen molar-refractivity contribution in [3.63, 3.8) is 0 Å². The Morgan fingerprint density at radius 2 is 2.30 bits per heavy atom. The van der Waals surface area contributed by atoms with Crippen LogP contribution in [0.25, 0.3) is 0 Å². The second-order valence-corrected chi connectivity index (χ2v) is 4.82. The van der Waals surface area contributed by atoms with E-state index >= 15 is 0 Å². The predicted molar refractivity (Wildman–Crippen MR) is 78.2 cm³/mol. The van der Waals surface area contributed by atoms with E-state index in [1.807, 2.05) is 0 Å². The van der Waals surface area contributed by atoms with E-state index in [0.717, 1.165) is 12.8 Å². The van der Waals surface area contributed by atoms with Gasteiger partial charge in [-0.3, -0.25) is 9.59 Å². The number of hydrogen-bond acceptors (Lipinski definition) is 7. The highest BCUT2D eigenvalue weighted by molar-refractivity contribution is 5.91. The summed E-state index contributed by atoms with van der Waals surface area (Å²) in [6, 6.07) is 3.16. The number of ether oxygens (including phenoxy) is 1. The summed E-state index contributed by atoms with van der Waals surface area (Å²) in [7, 11) is 0. The van der Waals surface area contributed by atoms with Crippen LogP contribution >= 0.6 is 0 Å². The maximum absolute atomic E-state index is 11.7. The number of esters is 1. The zero-order valence-electron chi connectivity index (χ0n) is 12.9. The van der Waals surface area contributed by atoms with Gasteiger partial charge in [0.05, 0.1) is 12.7 Å². The Kier molecular flexibility index (Phi) is 6.28.